The maximum absolute atomic E-state index is 12.9. The molecular weight excluding hydrogens is 454 g/mol. The molecule has 0 aliphatic heterocycles. The topological polar surface area (TPSA) is 68.4 Å². The highest BCUT2D eigenvalue weighted by Gasteiger charge is 2.50. The van der Waals surface area contributed by atoms with E-state index in [9.17, 15) is 9.59 Å². The highest BCUT2D eigenvalue weighted by Crippen LogP contribution is 2.37. The highest BCUT2D eigenvalue weighted by atomic mass is 28.4. The number of esters is 1. The minimum atomic E-state index is -2.71. The van der Waals surface area contributed by atoms with Crippen LogP contribution in [0.3, 0.4) is 0 Å². The molecule has 1 heterocycles. The second kappa shape index (κ2) is 10.0. The SMILES string of the molecule is COC(=O)C(=O)c1c(CCO[Si](c2ccccc2)(c2ccccc2)C(C)(C)C)[nH]c2ccccc12. The fourth-order valence-electron chi connectivity index (χ4n) is 4.91. The van der Waals surface area contributed by atoms with E-state index in [1.54, 1.807) is 0 Å². The normalized spacial score (nSPS) is 12.0. The van der Waals surface area contributed by atoms with Gasteiger partial charge in [0.15, 0.2) is 0 Å². The van der Waals surface area contributed by atoms with Gasteiger partial charge in [-0.25, -0.2) is 4.79 Å². The molecule has 35 heavy (non-hydrogen) atoms. The lowest BCUT2D eigenvalue weighted by Crippen LogP contribution is -2.66. The molecule has 6 heteroatoms. The van der Waals surface area contributed by atoms with Crippen molar-refractivity contribution in [1.29, 1.82) is 0 Å². The molecular formula is C29H31NO4Si. The molecule has 0 atom stereocenters. The Hall–Kier alpha value is -3.48. The van der Waals surface area contributed by atoms with Crippen LogP contribution in [0.2, 0.25) is 5.04 Å². The van der Waals surface area contributed by atoms with Crippen LogP contribution in [0.25, 0.3) is 10.9 Å². The molecule has 0 fully saturated rings. The zero-order chi connectivity index (χ0) is 25.1. The fraction of sp³-hybridized carbons (Fsp3) is 0.241. The van der Waals surface area contributed by atoms with E-state index < -0.39 is 20.1 Å². The molecule has 0 spiro atoms. The van der Waals surface area contributed by atoms with E-state index in [0.29, 0.717) is 29.7 Å². The Morgan fingerprint density at radius 1 is 0.829 bits per heavy atom. The molecule has 1 N–H and O–H groups in total. The Bertz CT molecular complexity index is 1280. The van der Waals surface area contributed by atoms with Crippen molar-refractivity contribution in [3.63, 3.8) is 0 Å². The molecule has 0 saturated heterocycles. The van der Waals surface area contributed by atoms with E-state index >= 15 is 0 Å². The van der Waals surface area contributed by atoms with Crippen LogP contribution in [0.1, 0.15) is 36.8 Å². The van der Waals surface area contributed by atoms with Crippen molar-refractivity contribution >= 4 is 41.3 Å². The number of H-pyrrole nitrogens is 1. The second-order valence-corrected chi connectivity index (χ2v) is 13.9. The number of benzene rings is 3. The quantitative estimate of drug-likeness (QED) is 0.171. The summed E-state index contributed by atoms with van der Waals surface area (Å²) in [5.41, 5.74) is 1.85. The summed E-state index contributed by atoms with van der Waals surface area (Å²) in [5, 5.41) is 2.95. The second-order valence-electron chi connectivity index (χ2n) is 9.61. The van der Waals surface area contributed by atoms with Gasteiger partial charge in [-0.1, -0.05) is 99.6 Å². The summed E-state index contributed by atoms with van der Waals surface area (Å²) in [6, 6.07) is 28.4. The van der Waals surface area contributed by atoms with Gasteiger partial charge in [-0.05, 0) is 21.5 Å². The van der Waals surface area contributed by atoms with Gasteiger partial charge in [0.2, 0.25) is 0 Å². The van der Waals surface area contributed by atoms with Gasteiger partial charge in [0, 0.05) is 29.6 Å². The Kier molecular flexibility index (Phi) is 7.05. The fourth-order valence-corrected chi connectivity index (χ4v) is 9.47. The Morgan fingerprint density at radius 3 is 1.91 bits per heavy atom. The molecule has 0 amide bonds. The summed E-state index contributed by atoms with van der Waals surface area (Å²) in [6.45, 7) is 7.08. The molecule has 4 aromatic rings. The van der Waals surface area contributed by atoms with E-state index in [2.05, 4.69) is 74.3 Å². The number of Topliss-reactive ketones (excluding diaryl/α,β-unsaturated/α-hetero) is 1. The maximum Gasteiger partial charge on any atom is 0.379 e. The number of hydrogen-bond acceptors (Lipinski definition) is 4. The number of aromatic amines is 1. The largest absolute Gasteiger partial charge is 0.463 e. The van der Waals surface area contributed by atoms with Crippen LogP contribution < -0.4 is 10.4 Å². The van der Waals surface area contributed by atoms with Crippen molar-refractivity contribution in [2.75, 3.05) is 13.7 Å². The van der Waals surface area contributed by atoms with Crippen molar-refractivity contribution in [3.05, 3.63) is 96.2 Å². The van der Waals surface area contributed by atoms with Crippen molar-refractivity contribution in [2.24, 2.45) is 0 Å². The number of nitrogens with one attached hydrogen (secondary N) is 1. The van der Waals surface area contributed by atoms with E-state index in [0.717, 1.165) is 5.52 Å². The molecule has 5 nitrogen and oxygen atoms in total. The number of para-hydroxylation sites is 1. The minimum absolute atomic E-state index is 0.152. The average Bonchev–Trinajstić information content (AvgIpc) is 3.24. The molecule has 4 rings (SSSR count). The van der Waals surface area contributed by atoms with E-state index in [1.165, 1.54) is 17.5 Å². The van der Waals surface area contributed by atoms with Gasteiger partial charge in [-0.3, -0.25) is 4.79 Å². The lowest BCUT2D eigenvalue weighted by atomic mass is 10.0. The lowest BCUT2D eigenvalue weighted by molar-refractivity contribution is -0.135. The molecule has 0 aliphatic rings. The Labute approximate surface area is 207 Å². The standard InChI is InChI=1S/C29H31NO4Si/c1-29(2,3)35(21-13-7-5-8-14-21,22-15-9-6-10-16-22)34-20-19-25-26(27(31)28(32)33-4)23-17-11-12-18-24(23)30-25/h5-18,30H,19-20H2,1-4H3. The van der Waals surface area contributed by atoms with Gasteiger partial charge in [-0.2, -0.15) is 0 Å². The number of methoxy groups -OCH3 is 1. The van der Waals surface area contributed by atoms with Crippen molar-refractivity contribution in [2.45, 2.75) is 32.2 Å². The third-order valence-electron chi connectivity index (χ3n) is 6.47. The first-order chi connectivity index (χ1) is 16.8. The van der Waals surface area contributed by atoms with Crippen molar-refractivity contribution in [3.8, 4) is 0 Å². The Morgan fingerprint density at radius 2 is 1.37 bits per heavy atom. The van der Waals surface area contributed by atoms with Crippen LogP contribution in [-0.2, 0) is 20.4 Å². The van der Waals surface area contributed by atoms with E-state index in [1.807, 2.05) is 36.4 Å². The van der Waals surface area contributed by atoms with Crippen LogP contribution in [0.4, 0.5) is 0 Å². The summed E-state index contributed by atoms with van der Waals surface area (Å²) >= 11 is 0. The van der Waals surface area contributed by atoms with Crippen LogP contribution in [-0.4, -0.2) is 38.8 Å². The summed E-state index contributed by atoms with van der Waals surface area (Å²) in [4.78, 5) is 28.4. The van der Waals surface area contributed by atoms with Gasteiger partial charge in [0.05, 0.1) is 12.7 Å². The predicted octanol–water partition coefficient (Wildman–Crippen LogP) is 4.64. The zero-order valence-electron chi connectivity index (χ0n) is 20.6. The molecule has 3 aromatic carbocycles. The molecule has 0 radical (unpaired) electrons. The van der Waals surface area contributed by atoms with Crippen molar-refractivity contribution < 1.29 is 18.8 Å². The first-order valence-electron chi connectivity index (χ1n) is 11.8. The van der Waals surface area contributed by atoms with Gasteiger partial charge in [-0.15, -0.1) is 0 Å². The van der Waals surface area contributed by atoms with Crippen molar-refractivity contribution in [1.82, 2.24) is 4.98 Å². The number of carbonyl (C=O) groups excluding carboxylic acids is 2. The molecule has 1 aromatic heterocycles. The zero-order valence-corrected chi connectivity index (χ0v) is 21.6. The Balaban J connectivity index is 1.74. The third-order valence-corrected chi connectivity index (χ3v) is 11.5. The summed E-state index contributed by atoms with van der Waals surface area (Å²) < 4.78 is 11.7. The molecule has 0 bridgehead atoms. The molecule has 180 valence electrons. The van der Waals surface area contributed by atoms with Crippen LogP contribution in [0.15, 0.2) is 84.9 Å². The number of fused-ring (bicyclic) bond motifs is 1. The number of ether oxygens (including phenoxy) is 1. The summed E-state index contributed by atoms with van der Waals surface area (Å²) in [6.07, 6.45) is 0.456. The third kappa shape index (κ3) is 4.59. The first kappa shape index (κ1) is 24.6. The molecule has 0 aliphatic carbocycles. The summed E-state index contributed by atoms with van der Waals surface area (Å²) in [7, 11) is -1.48. The molecule has 0 saturated carbocycles. The number of aromatic nitrogens is 1. The molecule has 0 unspecified atom stereocenters. The number of carbonyl (C=O) groups is 2. The number of ketones is 1. The first-order valence-corrected chi connectivity index (χ1v) is 13.7. The van der Waals surface area contributed by atoms with Crippen LogP contribution in [0.5, 0.6) is 0 Å². The van der Waals surface area contributed by atoms with Crippen LogP contribution >= 0.6 is 0 Å². The monoisotopic (exact) mass is 485 g/mol. The van der Waals surface area contributed by atoms with E-state index in [4.69, 9.17) is 9.16 Å². The smallest absolute Gasteiger partial charge is 0.379 e. The number of rotatable bonds is 8. The highest BCUT2D eigenvalue weighted by molar-refractivity contribution is 6.99. The summed E-state index contributed by atoms with van der Waals surface area (Å²) in [5.74, 6) is -1.52. The maximum atomic E-state index is 12.9. The number of hydrogen-bond donors (Lipinski definition) is 1. The van der Waals surface area contributed by atoms with Gasteiger partial charge in [0.25, 0.3) is 14.1 Å². The van der Waals surface area contributed by atoms with Gasteiger partial charge in [0.1, 0.15) is 0 Å². The van der Waals surface area contributed by atoms with Gasteiger partial charge < -0.3 is 14.1 Å². The van der Waals surface area contributed by atoms with E-state index in [-0.39, 0.29) is 5.04 Å². The lowest BCUT2D eigenvalue weighted by Gasteiger charge is -2.43. The predicted molar refractivity (Wildman–Crippen MR) is 142 cm³/mol. The average molecular weight is 486 g/mol. The van der Waals surface area contributed by atoms with Crippen LogP contribution in [0, 0.1) is 0 Å². The minimum Gasteiger partial charge on any atom is -0.463 e. The van der Waals surface area contributed by atoms with Gasteiger partial charge >= 0.3 is 5.97 Å².